The summed E-state index contributed by atoms with van der Waals surface area (Å²) in [5.74, 6) is -0.261. The van der Waals surface area contributed by atoms with Crippen molar-refractivity contribution in [2.75, 3.05) is 35.2 Å². The number of hydrogen-bond acceptors (Lipinski definition) is 5. The van der Waals surface area contributed by atoms with E-state index in [1.54, 1.807) is 6.92 Å². The van der Waals surface area contributed by atoms with Gasteiger partial charge >= 0.3 is 5.69 Å². The van der Waals surface area contributed by atoms with Crippen molar-refractivity contribution in [3.63, 3.8) is 0 Å². The molecule has 0 radical (unpaired) electrons. The van der Waals surface area contributed by atoms with E-state index in [-0.39, 0.29) is 37.0 Å². The van der Waals surface area contributed by atoms with Gasteiger partial charge in [0, 0.05) is 18.8 Å². The Balaban J connectivity index is 1.66. The number of amides is 1. The number of aromatic amines is 1. The minimum absolute atomic E-state index is 0.0123. The fraction of sp³-hybridized carbons (Fsp3) is 0.292. The minimum Gasteiger partial charge on any atom is -0.383 e. The lowest BCUT2D eigenvalue weighted by Gasteiger charge is -2.32. The first-order valence-corrected chi connectivity index (χ1v) is 10.8. The second kappa shape index (κ2) is 9.13. The molecular formula is C24H27N5O3. The van der Waals surface area contributed by atoms with Crippen LogP contribution in [0.3, 0.4) is 0 Å². The molecule has 2 heterocycles. The standard InChI is InChI=1S/C24H27N5O3/c1-2-28(20(30)16-27-14-8-12-18-11-6-7-13-19(18)27)21-22(25)29(24(32)26-23(21)31)15-17-9-4-3-5-10-17/h3-7,9-11,13H,2,8,12,14-16,25H2,1H3,(H,26,31,32). The number of rotatable bonds is 6. The molecule has 0 spiro atoms. The Labute approximate surface area is 185 Å². The van der Waals surface area contributed by atoms with Gasteiger partial charge < -0.3 is 15.5 Å². The Hall–Kier alpha value is -3.81. The van der Waals surface area contributed by atoms with Crippen LogP contribution in [0.2, 0.25) is 0 Å². The summed E-state index contributed by atoms with van der Waals surface area (Å²) in [5, 5.41) is 0. The predicted molar refractivity (Wildman–Crippen MR) is 126 cm³/mol. The number of fused-ring (bicyclic) bond motifs is 1. The first-order valence-electron chi connectivity index (χ1n) is 10.8. The molecule has 0 unspecified atom stereocenters. The van der Waals surface area contributed by atoms with Crippen LogP contribution in [-0.2, 0) is 17.8 Å². The third-order valence-electron chi connectivity index (χ3n) is 5.82. The first-order chi connectivity index (χ1) is 15.5. The third kappa shape index (κ3) is 4.16. The molecule has 8 nitrogen and oxygen atoms in total. The number of aryl methyl sites for hydroxylation is 1. The highest BCUT2D eigenvalue weighted by Crippen LogP contribution is 2.27. The van der Waals surface area contributed by atoms with Crippen molar-refractivity contribution in [1.82, 2.24) is 9.55 Å². The van der Waals surface area contributed by atoms with E-state index in [4.69, 9.17) is 5.73 Å². The van der Waals surface area contributed by atoms with Gasteiger partial charge in [-0.25, -0.2) is 4.79 Å². The molecule has 2 aromatic carbocycles. The molecule has 3 aromatic rings. The first kappa shape index (κ1) is 21.4. The Bertz CT molecular complexity index is 1230. The quantitative estimate of drug-likeness (QED) is 0.619. The highest BCUT2D eigenvalue weighted by Gasteiger charge is 2.26. The molecule has 0 saturated heterocycles. The van der Waals surface area contributed by atoms with E-state index in [2.05, 4.69) is 11.1 Å². The van der Waals surface area contributed by atoms with Crippen LogP contribution in [-0.4, -0.2) is 35.1 Å². The van der Waals surface area contributed by atoms with Gasteiger partial charge in [0.05, 0.1) is 13.1 Å². The van der Waals surface area contributed by atoms with Gasteiger partial charge in [0.2, 0.25) is 5.91 Å². The second-order valence-corrected chi connectivity index (χ2v) is 7.86. The normalized spacial score (nSPS) is 13.0. The summed E-state index contributed by atoms with van der Waals surface area (Å²) >= 11 is 0. The fourth-order valence-electron chi connectivity index (χ4n) is 4.24. The van der Waals surface area contributed by atoms with Crippen LogP contribution in [0.25, 0.3) is 0 Å². The van der Waals surface area contributed by atoms with Gasteiger partial charge in [-0.2, -0.15) is 0 Å². The summed E-state index contributed by atoms with van der Waals surface area (Å²) < 4.78 is 1.29. The molecule has 1 amide bonds. The topological polar surface area (TPSA) is 104 Å². The maximum Gasteiger partial charge on any atom is 0.330 e. The maximum absolute atomic E-state index is 13.3. The van der Waals surface area contributed by atoms with Crippen LogP contribution in [0, 0.1) is 0 Å². The van der Waals surface area contributed by atoms with E-state index in [9.17, 15) is 14.4 Å². The molecule has 0 atom stereocenters. The number of para-hydroxylation sites is 1. The lowest BCUT2D eigenvalue weighted by Crippen LogP contribution is -2.46. The van der Waals surface area contributed by atoms with Crippen LogP contribution >= 0.6 is 0 Å². The Morgan fingerprint density at radius 1 is 1.09 bits per heavy atom. The van der Waals surface area contributed by atoms with E-state index in [1.807, 2.05) is 53.4 Å². The number of nitrogens with zero attached hydrogens (tertiary/aromatic N) is 3. The zero-order chi connectivity index (χ0) is 22.7. The number of likely N-dealkylation sites (N-methyl/N-ethyl adjacent to an activating group) is 1. The summed E-state index contributed by atoms with van der Waals surface area (Å²) in [6.07, 6.45) is 1.94. The fourth-order valence-corrected chi connectivity index (χ4v) is 4.24. The van der Waals surface area contributed by atoms with E-state index < -0.39 is 11.2 Å². The molecule has 0 fully saturated rings. The number of aromatic nitrogens is 2. The summed E-state index contributed by atoms with van der Waals surface area (Å²) in [6, 6.07) is 17.4. The van der Waals surface area contributed by atoms with E-state index in [0.717, 1.165) is 30.6 Å². The molecule has 4 rings (SSSR count). The van der Waals surface area contributed by atoms with Crippen molar-refractivity contribution < 1.29 is 4.79 Å². The Morgan fingerprint density at radius 2 is 1.81 bits per heavy atom. The van der Waals surface area contributed by atoms with Crippen LogP contribution in [0.5, 0.6) is 0 Å². The summed E-state index contributed by atoms with van der Waals surface area (Å²) in [5.41, 5.74) is 8.15. The van der Waals surface area contributed by atoms with Crippen molar-refractivity contribution in [2.24, 2.45) is 0 Å². The zero-order valence-corrected chi connectivity index (χ0v) is 18.1. The van der Waals surface area contributed by atoms with Crippen molar-refractivity contribution in [3.8, 4) is 0 Å². The average molecular weight is 434 g/mol. The molecule has 32 heavy (non-hydrogen) atoms. The number of H-pyrrole nitrogens is 1. The van der Waals surface area contributed by atoms with Crippen LogP contribution in [0.1, 0.15) is 24.5 Å². The Morgan fingerprint density at radius 3 is 2.56 bits per heavy atom. The number of nitrogens with one attached hydrogen (secondary N) is 1. The number of hydrogen-bond donors (Lipinski definition) is 2. The van der Waals surface area contributed by atoms with Gasteiger partial charge in [-0.1, -0.05) is 48.5 Å². The van der Waals surface area contributed by atoms with Gasteiger partial charge in [0.25, 0.3) is 5.56 Å². The molecule has 166 valence electrons. The van der Waals surface area contributed by atoms with Gasteiger partial charge in [-0.15, -0.1) is 0 Å². The van der Waals surface area contributed by atoms with E-state index in [1.165, 1.54) is 15.0 Å². The van der Waals surface area contributed by atoms with Gasteiger partial charge in [0.1, 0.15) is 5.82 Å². The molecule has 0 bridgehead atoms. The lowest BCUT2D eigenvalue weighted by molar-refractivity contribution is -0.117. The van der Waals surface area contributed by atoms with Gasteiger partial charge in [-0.3, -0.25) is 19.1 Å². The average Bonchev–Trinajstić information content (AvgIpc) is 2.80. The monoisotopic (exact) mass is 433 g/mol. The molecular weight excluding hydrogens is 406 g/mol. The number of benzene rings is 2. The van der Waals surface area contributed by atoms with E-state index >= 15 is 0 Å². The predicted octanol–water partition coefficient (Wildman–Crippen LogP) is 1.97. The number of anilines is 3. The molecule has 3 N–H and O–H groups in total. The van der Waals surface area contributed by atoms with Crippen molar-refractivity contribution in [3.05, 3.63) is 86.6 Å². The lowest BCUT2D eigenvalue weighted by atomic mass is 10.0. The maximum atomic E-state index is 13.3. The number of nitrogens with two attached hydrogens (primary N) is 1. The molecule has 1 aliphatic heterocycles. The second-order valence-electron chi connectivity index (χ2n) is 7.86. The molecule has 0 aliphatic carbocycles. The van der Waals surface area contributed by atoms with Gasteiger partial charge in [-0.05, 0) is 37.0 Å². The molecule has 1 aromatic heterocycles. The molecule has 1 aliphatic rings. The summed E-state index contributed by atoms with van der Waals surface area (Å²) in [6.45, 7) is 3.13. The summed E-state index contributed by atoms with van der Waals surface area (Å²) in [4.78, 5) is 44.2. The minimum atomic E-state index is -0.661. The third-order valence-corrected chi connectivity index (χ3v) is 5.82. The number of carbonyl (C=O) groups excluding carboxylic acids is 1. The highest BCUT2D eigenvalue weighted by atomic mass is 16.2. The van der Waals surface area contributed by atoms with Gasteiger partial charge in [0.15, 0.2) is 5.69 Å². The van der Waals surface area contributed by atoms with Crippen molar-refractivity contribution in [2.45, 2.75) is 26.3 Å². The highest BCUT2D eigenvalue weighted by molar-refractivity contribution is 5.98. The van der Waals surface area contributed by atoms with Crippen molar-refractivity contribution >= 4 is 23.1 Å². The van der Waals surface area contributed by atoms with Crippen LogP contribution < -0.4 is 26.8 Å². The molecule has 0 saturated carbocycles. The largest absolute Gasteiger partial charge is 0.383 e. The SMILES string of the molecule is CCN(C(=O)CN1CCCc2ccccc21)c1c(N)n(Cc2ccccc2)c(=O)[nH]c1=O. The number of nitrogen functional groups attached to an aromatic ring is 1. The van der Waals surface area contributed by atoms with Crippen molar-refractivity contribution in [1.29, 1.82) is 0 Å². The van der Waals surface area contributed by atoms with E-state index in [0.29, 0.717) is 0 Å². The Kier molecular flexibility index (Phi) is 6.11. The van der Waals surface area contributed by atoms with Crippen LogP contribution in [0.4, 0.5) is 17.2 Å². The summed E-state index contributed by atoms with van der Waals surface area (Å²) in [7, 11) is 0. The zero-order valence-electron chi connectivity index (χ0n) is 18.1. The number of carbonyl (C=O) groups is 1. The smallest absolute Gasteiger partial charge is 0.330 e. The molecule has 8 heteroatoms. The van der Waals surface area contributed by atoms with Crippen LogP contribution in [0.15, 0.2) is 64.2 Å².